The van der Waals surface area contributed by atoms with Gasteiger partial charge < -0.3 is 9.72 Å². The molecule has 1 aromatic carbocycles. The summed E-state index contributed by atoms with van der Waals surface area (Å²) >= 11 is 2.81. The molecule has 3 aromatic rings. The van der Waals surface area contributed by atoms with E-state index in [1.165, 1.54) is 0 Å². The highest BCUT2D eigenvalue weighted by Crippen LogP contribution is 2.35. The number of hydrogen-bond donors (Lipinski definition) is 2. The van der Waals surface area contributed by atoms with Crippen molar-refractivity contribution in [1.82, 2.24) is 4.98 Å². The summed E-state index contributed by atoms with van der Waals surface area (Å²) < 4.78 is 33.1. The predicted molar refractivity (Wildman–Crippen MR) is 110 cm³/mol. The van der Waals surface area contributed by atoms with Gasteiger partial charge in [0.25, 0.3) is 10.0 Å². The number of nitrogens with one attached hydrogen (secondary N) is 2. The largest absolute Gasteiger partial charge is 0.461 e. The Bertz CT molecular complexity index is 1040. The number of thiophene rings is 1. The summed E-state index contributed by atoms with van der Waals surface area (Å²) in [5, 5.41) is 2.50. The summed E-state index contributed by atoms with van der Waals surface area (Å²) in [5.41, 5.74) is 1.27. The maximum Gasteiger partial charge on any atom is 0.354 e. The van der Waals surface area contributed by atoms with E-state index in [4.69, 9.17) is 4.74 Å². The van der Waals surface area contributed by atoms with Crippen molar-refractivity contribution >= 4 is 55.7 Å². The van der Waals surface area contributed by atoms with Gasteiger partial charge in [0.15, 0.2) is 0 Å². The number of sulfonamides is 1. The Kier molecular flexibility index (Phi) is 6.13. The summed E-state index contributed by atoms with van der Waals surface area (Å²) in [6.07, 6.45) is 1.01. The number of thioether (sulfide) groups is 1. The highest BCUT2D eigenvalue weighted by molar-refractivity contribution is 7.99. The summed E-state index contributed by atoms with van der Waals surface area (Å²) in [6, 6.07) is 8.55. The van der Waals surface area contributed by atoms with Crippen molar-refractivity contribution in [3.63, 3.8) is 0 Å². The van der Waals surface area contributed by atoms with Gasteiger partial charge in [-0.15, -0.1) is 23.1 Å². The zero-order chi connectivity index (χ0) is 19.4. The van der Waals surface area contributed by atoms with Crippen molar-refractivity contribution in [2.45, 2.75) is 29.4 Å². The third kappa shape index (κ3) is 4.31. The molecule has 0 unspecified atom stereocenters. The average molecular weight is 425 g/mol. The third-order valence-corrected chi connectivity index (χ3v) is 7.76. The van der Waals surface area contributed by atoms with E-state index >= 15 is 0 Å². The molecule has 9 heteroatoms. The number of carbonyl (C=O) groups is 1. The highest BCUT2D eigenvalue weighted by atomic mass is 32.2. The molecule has 0 aliphatic heterocycles. The van der Waals surface area contributed by atoms with Gasteiger partial charge in [-0.25, -0.2) is 13.2 Å². The van der Waals surface area contributed by atoms with Crippen molar-refractivity contribution in [2.75, 3.05) is 17.1 Å². The molecule has 0 saturated carbocycles. The minimum atomic E-state index is -3.69. The van der Waals surface area contributed by atoms with Gasteiger partial charge in [0.05, 0.1) is 17.8 Å². The number of esters is 1. The van der Waals surface area contributed by atoms with Crippen LogP contribution >= 0.6 is 23.1 Å². The molecule has 6 nitrogen and oxygen atoms in total. The second kappa shape index (κ2) is 8.37. The van der Waals surface area contributed by atoms with E-state index < -0.39 is 16.0 Å². The number of anilines is 1. The van der Waals surface area contributed by atoms with Crippen LogP contribution < -0.4 is 4.72 Å². The first-order valence-electron chi connectivity index (χ1n) is 8.48. The number of fused-ring (bicyclic) bond motifs is 1. The molecular formula is C18H20N2O4S3. The molecule has 0 atom stereocenters. The van der Waals surface area contributed by atoms with E-state index in [9.17, 15) is 13.2 Å². The zero-order valence-corrected chi connectivity index (χ0v) is 17.4. The van der Waals surface area contributed by atoms with Crippen LogP contribution in [0.3, 0.4) is 0 Å². The molecule has 0 spiro atoms. The van der Waals surface area contributed by atoms with Crippen LogP contribution in [0.25, 0.3) is 10.9 Å². The van der Waals surface area contributed by atoms with Gasteiger partial charge >= 0.3 is 5.97 Å². The number of carbonyl (C=O) groups excluding carboxylic acids is 1. The van der Waals surface area contributed by atoms with Gasteiger partial charge in [-0.1, -0.05) is 13.0 Å². The quantitative estimate of drug-likeness (QED) is 0.404. The number of aromatic amines is 1. The van der Waals surface area contributed by atoms with E-state index in [1.807, 2.05) is 6.07 Å². The Morgan fingerprint density at radius 2 is 2.11 bits per heavy atom. The van der Waals surface area contributed by atoms with Crippen LogP contribution in [-0.2, 0) is 14.8 Å². The van der Waals surface area contributed by atoms with Crippen molar-refractivity contribution in [2.24, 2.45) is 0 Å². The lowest BCUT2D eigenvalue weighted by atomic mass is 10.2. The fourth-order valence-corrected chi connectivity index (χ4v) is 5.52. The molecule has 3 rings (SSSR count). The second-order valence-corrected chi connectivity index (χ2v) is 9.68. The Labute approximate surface area is 166 Å². The molecule has 2 heterocycles. The van der Waals surface area contributed by atoms with Crippen molar-refractivity contribution < 1.29 is 17.9 Å². The molecule has 2 aromatic heterocycles. The summed E-state index contributed by atoms with van der Waals surface area (Å²) in [7, 11) is -3.69. The molecule has 0 amide bonds. The SMILES string of the molecule is CCCSc1ccc(NS(=O)(=O)c2cccs2)c2[nH]c(C(=O)OCC)cc12. The van der Waals surface area contributed by atoms with Gasteiger partial charge in [-0.2, -0.15) is 0 Å². The van der Waals surface area contributed by atoms with E-state index in [2.05, 4.69) is 16.6 Å². The number of ether oxygens (including phenoxy) is 1. The molecule has 0 bridgehead atoms. The minimum absolute atomic E-state index is 0.234. The van der Waals surface area contributed by atoms with Crippen LogP contribution in [0.4, 0.5) is 5.69 Å². The summed E-state index contributed by atoms with van der Waals surface area (Å²) in [6.45, 7) is 4.10. The standard InChI is InChI=1S/C18H20N2O4S3/c1-3-9-25-15-8-7-13(20-27(22,23)16-6-5-10-26-16)17-12(15)11-14(19-17)18(21)24-4-2/h5-8,10-11,19-20H,3-4,9H2,1-2H3. The molecule has 144 valence electrons. The fraction of sp³-hybridized carbons (Fsp3) is 0.278. The van der Waals surface area contributed by atoms with E-state index in [1.54, 1.807) is 48.3 Å². The molecule has 0 radical (unpaired) electrons. The molecule has 0 aliphatic carbocycles. The average Bonchev–Trinajstić information content (AvgIpc) is 3.31. The molecule has 2 N–H and O–H groups in total. The number of rotatable bonds is 8. The first kappa shape index (κ1) is 19.8. The number of benzene rings is 1. The third-order valence-electron chi connectivity index (χ3n) is 3.72. The van der Waals surface area contributed by atoms with Gasteiger partial charge in [0.2, 0.25) is 0 Å². The second-order valence-electron chi connectivity index (χ2n) is 5.69. The number of hydrogen-bond acceptors (Lipinski definition) is 6. The lowest BCUT2D eigenvalue weighted by molar-refractivity contribution is 0.0520. The van der Waals surface area contributed by atoms with Crippen LogP contribution in [0.2, 0.25) is 0 Å². The minimum Gasteiger partial charge on any atom is -0.461 e. The van der Waals surface area contributed by atoms with Crippen LogP contribution in [-0.4, -0.2) is 31.7 Å². The van der Waals surface area contributed by atoms with Gasteiger partial charge in [-0.3, -0.25) is 4.72 Å². The predicted octanol–water partition coefficient (Wildman–Crippen LogP) is 4.71. The van der Waals surface area contributed by atoms with Crippen LogP contribution in [0.15, 0.2) is 44.8 Å². The zero-order valence-electron chi connectivity index (χ0n) is 14.9. The van der Waals surface area contributed by atoms with Crippen LogP contribution in [0.1, 0.15) is 30.8 Å². The van der Waals surface area contributed by atoms with Gasteiger partial charge in [-0.05, 0) is 48.7 Å². The van der Waals surface area contributed by atoms with E-state index in [-0.39, 0.29) is 10.8 Å². The lowest BCUT2D eigenvalue weighted by Crippen LogP contribution is -2.12. The Balaban J connectivity index is 2.06. The first-order chi connectivity index (χ1) is 13.0. The van der Waals surface area contributed by atoms with E-state index in [0.717, 1.165) is 33.8 Å². The number of aromatic nitrogens is 1. The maximum absolute atomic E-state index is 12.6. The van der Waals surface area contributed by atoms with E-state index in [0.29, 0.717) is 16.9 Å². The Morgan fingerprint density at radius 1 is 1.30 bits per heavy atom. The molecule has 27 heavy (non-hydrogen) atoms. The maximum atomic E-state index is 12.6. The van der Waals surface area contributed by atoms with Crippen LogP contribution in [0, 0.1) is 0 Å². The van der Waals surface area contributed by atoms with Gasteiger partial charge in [0, 0.05) is 10.3 Å². The molecule has 0 aliphatic rings. The summed E-state index contributed by atoms with van der Waals surface area (Å²) in [5.74, 6) is 0.460. The smallest absolute Gasteiger partial charge is 0.354 e. The fourth-order valence-electron chi connectivity index (χ4n) is 2.55. The van der Waals surface area contributed by atoms with Gasteiger partial charge in [0.1, 0.15) is 9.90 Å². The molecular weight excluding hydrogens is 404 g/mol. The number of H-pyrrole nitrogens is 1. The lowest BCUT2D eigenvalue weighted by Gasteiger charge is -2.10. The Morgan fingerprint density at radius 3 is 2.78 bits per heavy atom. The first-order valence-corrected chi connectivity index (χ1v) is 11.8. The van der Waals surface area contributed by atoms with Crippen molar-refractivity contribution in [3.8, 4) is 0 Å². The normalized spacial score (nSPS) is 11.6. The molecule has 0 saturated heterocycles. The monoisotopic (exact) mass is 424 g/mol. The van der Waals surface area contributed by atoms with Crippen LogP contribution in [0.5, 0.6) is 0 Å². The van der Waals surface area contributed by atoms with Crippen molar-refractivity contribution in [3.05, 3.63) is 41.4 Å². The highest BCUT2D eigenvalue weighted by Gasteiger charge is 2.20. The Hall–Kier alpha value is -1.97. The van der Waals surface area contributed by atoms with Crippen molar-refractivity contribution in [1.29, 1.82) is 0 Å². The summed E-state index contributed by atoms with van der Waals surface area (Å²) in [4.78, 5) is 16.1. The topological polar surface area (TPSA) is 88.3 Å². The molecule has 0 fully saturated rings.